The molecule has 0 heterocycles. The van der Waals surface area contributed by atoms with Crippen molar-refractivity contribution in [3.05, 3.63) is 29.8 Å². The van der Waals surface area contributed by atoms with Gasteiger partial charge in [-0.05, 0) is 32.5 Å². The molecule has 0 aliphatic heterocycles. The third kappa shape index (κ3) is 5.55. The maximum absolute atomic E-state index is 12.8. The number of alkyl halides is 3. The number of benzene rings is 1. The van der Waals surface area contributed by atoms with Gasteiger partial charge in [0.25, 0.3) is 5.91 Å². The first-order valence-electron chi connectivity index (χ1n) is 7.09. The van der Waals surface area contributed by atoms with Gasteiger partial charge in [-0.1, -0.05) is 19.1 Å². The lowest BCUT2D eigenvalue weighted by Crippen LogP contribution is -2.43. The van der Waals surface area contributed by atoms with Gasteiger partial charge in [0.15, 0.2) is 6.10 Å². The van der Waals surface area contributed by atoms with Crippen molar-refractivity contribution in [3.63, 3.8) is 0 Å². The van der Waals surface area contributed by atoms with E-state index in [1.165, 1.54) is 25.1 Å². The lowest BCUT2D eigenvalue weighted by molar-refractivity contribution is -0.140. The van der Waals surface area contributed by atoms with Crippen LogP contribution in [0.1, 0.15) is 26.3 Å². The third-order valence-electron chi connectivity index (χ3n) is 3.00. The van der Waals surface area contributed by atoms with E-state index in [9.17, 15) is 18.0 Å². The number of likely N-dealkylation sites (N-methyl/N-ethyl adjacent to an activating group) is 1. The monoisotopic (exact) mass is 318 g/mol. The maximum atomic E-state index is 12.8. The molecule has 0 aliphatic carbocycles. The molecule has 124 valence electrons. The number of halogens is 3. The summed E-state index contributed by atoms with van der Waals surface area (Å²) in [7, 11) is 0. The van der Waals surface area contributed by atoms with Gasteiger partial charge in [0.05, 0.1) is 5.56 Å². The van der Waals surface area contributed by atoms with Crippen LogP contribution < -0.4 is 15.4 Å². The highest BCUT2D eigenvalue weighted by atomic mass is 19.4. The molecule has 2 N–H and O–H groups in total. The van der Waals surface area contributed by atoms with Crippen LogP contribution in [0.3, 0.4) is 0 Å². The van der Waals surface area contributed by atoms with E-state index >= 15 is 0 Å². The molecule has 0 bridgehead atoms. The van der Waals surface area contributed by atoms with Crippen molar-refractivity contribution in [2.45, 2.75) is 39.1 Å². The molecule has 1 aromatic carbocycles. The lowest BCUT2D eigenvalue weighted by Gasteiger charge is -2.19. The first kappa shape index (κ1) is 18.3. The number of rotatable bonds is 7. The minimum atomic E-state index is -4.52. The molecule has 1 unspecified atom stereocenters. The quantitative estimate of drug-likeness (QED) is 0.812. The van der Waals surface area contributed by atoms with Crippen LogP contribution in [0.4, 0.5) is 13.2 Å². The highest BCUT2D eigenvalue weighted by Crippen LogP contribution is 2.36. The molecule has 0 aliphatic rings. The first-order chi connectivity index (χ1) is 10.3. The number of para-hydroxylation sites is 1. The summed E-state index contributed by atoms with van der Waals surface area (Å²) in [5, 5.41) is 5.75. The first-order valence-corrected chi connectivity index (χ1v) is 7.09. The van der Waals surface area contributed by atoms with E-state index in [4.69, 9.17) is 4.74 Å². The van der Waals surface area contributed by atoms with Crippen LogP contribution in [-0.4, -0.2) is 31.1 Å². The minimum Gasteiger partial charge on any atom is -0.480 e. The molecule has 0 saturated heterocycles. The average Bonchev–Trinajstić information content (AvgIpc) is 2.44. The van der Waals surface area contributed by atoms with Crippen molar-refractivity contribution in [2.75, 3.05) is 13.1 Å². The Bertz CT molecular complexity index is 492. The van der Waals surface area contributed by atoms with Crippen molar-refractivity contribution in [1.29, 1.82) is 0 Å². The van der Waals surface area contributed by atoms with Crippen LogP contribution in [0.5, 0.6) is 5.75 Å². The molecule has 1 aromatic rings. The second kappa shape index (κ2) is 8.03. The molecule has 22 heavy (non-hydrogen) atoms. The Morgan fingerprint density at radius 3 is 2.50 bits per heavy atom. The number of ether oxygens (including phenoxy) is 1. The Kier molecular flexibility index (Phi) is 6.67. The molecule has 1 amide bonds. The van der Waals surface area contributed by atoms with E-state index in [0.29, 0.717) is 6.54 Å². The summed E-state index contributed by atoms with van der Waals surface area (Å²) in [6.07, 6.45) is -5.54. The second-order valence-corrected chi connectivity index (χ2v) is 4.96. The molecular weight excluding hydrogens is 297 g/mol. The van der Waals surface area contributed by atoms with Crippen molar-refractivity contribution >= 4 is 5.91 Å². The Balaban J connectivity index is 2.65. The normalized spacial score (nSPS) is 14.3. The molecule has 0 radical (unpaired) electrons. The van der Waals surface area contributed by atoms with Gasteiger partial charge in [0.2, 0.25) is 0 Å². The fraction of sp³-hybridized carbons (Fsp3) is 0.533. The largest absolute Gasteiger partial charge is 0.480 e. The molecule has 0 spiro atoms. The topological polar surface area (TPSA) is 50.4 Å². The number of amides is 1. The zero-order valence-corrected chi connectivity index (χ0v) is 12.8. The van der Waals surface area contributed by atoms with Crippen molar-refractivity contribution in [2.24, 2.45) is 0 Å². The highest BCUT2D eigenvalue weighted by Gasteiger charge is 2.34. The van der Waals surface area contributed by atoms with E-state index < -0.39 is 23.8 Å². The molecule has 0 aromatic heterocycles. The van der Waals surface area contributed by atoms with E-state index in [0.717, 1.165) is 12.6 Å². The predicted molar refractivity (Wildman–Crippen MR) is 77.7 cm³/mol. The van der Waals surface area contributed by atoms with E-state index in [1.807, 2.05) is 13.8 Å². The summed E-state index contributed by atoms with van der Waals surface area (Å²) in [5.74, 6) is -0.806. The SMILES string of the molecule is CCN[C@H](C)CNC(=O)C(C)Oc1ccccc1C(F)(F)F. The summed E-state index contributed by atoms with van der Waals surface area (Å²) in [6.45, 7) is 6.40. The van der Waals surface area contributed by atoms with Crippen LogP contribution in [0, 0.1) is 0 Å². The van der Waals surface area contributed by atoms with Crippen molar-refractivity contribution < 1.29 is 22.7 Å². The smallest absolute Gasteiger partial charge is 0.419 e. The minimum absolute atomic E-state index is 0.0728. The molecule has 0 fully saturated rings. The molecular formula is C15H21F3N2O2. The second-order valence-electron chi connectivity index (χ2n) is 4.96. The lowest BCUT2D eigenvalue weighted by atomic mass is 10.2. The summed E-state index contributed by atoms with van der Waals surface area (Å²) in [5.41, 5.74) is -0.893. The Morgan fingerprint density at radius 2 is 1.91 bits per heavy atom. The Morgan fingerprint density at radius 1 is 1.27 bits per heavy atom. The maximum Gasteiger partial charge on any atom is 0.419 e. The zero-order chi connectivity index (χ0) is 16.8. The molecule has 2 atom stereocenters. The van der Waals surface area contributed by atoms with Gasteiger partial charge >= 0.3 is 6.18 Å². The number of hydrogen-bond donors (Lipinski definition) is 2. The summed E-state index contributed by atoms with van der Waals surface area (Å²) in [6, 6.07) is 4.91. The highest BCUT2D eigenvalue weighted by molar-refractivity contribution is 5.80. The molecule has 0 saturated carbocycles. The number of nitrogens with one attached hydrogen (secondary N) is 2. The molecule has 1 rings (SSSR count). The summed E-state index contributed by atoms with van der Waals surface area (Å²) in [4.78, 5) is 11.9. The van der Waals surface area contributed by atoms with Crippen LogP contribution in [0.25, 0.3) is 0 Å². The Hall–Kier alpha value is -1.76. The van der Waals surface area contributed by atoms with Crippen LogP contribution in [-0.2, 0) is 11.0 Å². The fourth-order valence-corrected chi connectivity index (χ4v) is 1.87. The van der Waals surface area contributed by atoms with Gasteiger partial charge in [-0.25, -0.2) is 0 Å². The third-order valence-corrected chi connectivity index (χ3v) is 3.00. The van der Waals surface area contributed by atoms with E-state index in [1.54, 1.807) is 0 Å². The van der Waals surface area contributed by atoms with Gasteiger partial charge in [0, 0.05) is 12.6 Å². The van der Waals surface area contributed by atoms with Crippen molar-refractivity contribution in [1.82, 2.24) is 10.6 Å². The van der Waals surface area contributed by atoms with Crippen LogP contribution >= 0.6 is 0 Å². The van der Waals surface area contributed by atoms with Gasteiger partial charge in [-0.3, -0.25) is 4.79 Å². The van der Waals surface area contributed by atoms with Gasteiger partial charge in [-0.15, -0.1) is 0 Å². The van der Waals surface area contributed by atoms with Crippen LogP contribution in [0.2, 0.25) is 0 Å². The Labute approximate surface area is 128 Å². The van der Waals surface area contributed by atoms with Gasteiger partial charge < -0.3 is 15.4 Å². The van der Waals surface area contributed by atoms with E-state index in [2.05, 4.69) is 10.6 Å². The zero-order valence-electron chi connectivity index (χ0n) is 12.8. The van der Waals surface area contributed by atoms with E-state index in [-0.39, 0.29) is 11.8 Å². The average molecular weight is 318 g/mol. The number of carbonyl (C=O) groups is 1. The summed E-state index contributed by atoms with van der Waals surface area (Å²) >= 11 is 0. The standard InChI is InChI=1S/C15H21F3N2O2/c1-4-19-10(2)9-20-14(21)11(3)22-13-8-6-5-7-12(13)15(16,17)18/h5-8,10-11,19H,4,9H2,1-3H3,(H,20,21)/t10-,11?/m1/s1. The molecule has 4 nitrogen and oxygen atoms in total. The van der Waals surface area contributed by atoms with Crippen LogP contribution in [0.15, 0.2) is 24.3 Å². The number of carbonyl (C=O) groups excluding carboxylic acids is 1. The summed E-state index contributed by atoms with van der Waals surface area (Å²) < 4.78 is 43.7. The molecule has 7 heteroatoms. The van der Waals surface area contributed by atoms with Gasteiger partial charge in [0.1, 0.15) is 5.75 Å². The van der Waals surface area contributed by atoms with Gasteiger partial charge in [-0.2, -0.15) is 13.2 Å². The predicted octanol–water partition coefficient (Wildman–Crippen LogP) is 2.59. The van der Waals surface area contributed by atoms with Crippen molar-refractivity contribution in [3.8, 4) is 5.75 Å². The number of hydrogen-bond acceptors (Lipinski definition) is 3. The fourth-order valence-electron chi connectivity index (χ4n) is 1.87.